The molecule has 3 rings (SSSR count). The fraction of sp³-hybridized carbons (Fsp3) is 0.450. The van der Waals surface area contributed by atoms with Gasteiger partial charge in [0.15, 0.2) is 0 Å². The van der Waals surface area contributed by atoms with E-state index in [4.69, 9.17) is 0 Å². The number of benzene rings is 1. The minimum atomic E-state index is -0.762. The monoisotopic (exact) mass is 311 g/mol. The van der Waals surface area contributed by atoms with Crippen molar-refractivity contribution in [3.63, 3.8) is 0 Å². The number of nitrogens with zero attached hydrogens (tertiary/aromatic N) is 1. The van der Waals surface area contributed by atoms with Gasteiger partial charge in [0, 0.05) is 11.4 Å². The van der Waals surface area contributed by atoms with Gasteiger partial charge in [-0.2, -0.15) is 0 Å². The summed E-state index contributed by atoms with van der Waals surface area (Å²) >= 11 is 0. The molecule has 0 spiro atoms. The molecule has 0 saturated carbocycles. The van der Waals surface area contributed by atoms with Crippen LogP contribution in [0.3, 0.4) is 0 Å². The molecular weight excluding hydrogens is 286 g/mol. The van der Waals surface area contributed by atoms with E-state index in [2.05, 4.69) is 45.0 Å². The van der Waals surface area contributed by atoms with Crippen LogP contribution in [-0.2, 0) is 30.6 Å². The molecule has 0 saturated heterocycles. The van der Waals surface area contributed by atoms with E-state index < -0.39 is 5.97 Å². The van der Waals surface area contributed by atoms with Gasteiger partial charge in [0.25, 0.3) is 0 Å². The smallest absolute Gasteiger partial charge is 0.323 e. The lowest BCUT2D eigenvalue weighted by molar-refractivity contribution is -0.137. The third kappa shape index (κ3) is 3.19. The maximum Gasteiger partial charge on any atom is 0.323 e. The highest BCUT2D eigenvalue weighted by Gasteiger charge is 2.31. The van der Waals surface area contributed by atoms with E-state index in [1.54, 1.807) is 0 Å². The summed E-state index contributed by atoms with van der Waals surface area (Å²) in [6.45, 7) is 6.77. The molecule has 23 heavy (non-hydrogen) atoms. The molecule has 2 aromatic rings. The maximum atomic E-state index is 11.3. The summed E-state index contributed by atoms with van der Waals surface area (Å²) in [7, 11) is 0. The van der Waals surface area contributed by atoms with Gasteiger partial charge in [0.1, 0.15) is 6.54 Å². The number of carbonyl (C=O) groups is 1. The fourth-order valence-electron chi connectivity index (χ4n) is 3.82. The van der Waals surface area contributed by atoms with Crippen molar-refractivity contribution >= 4 is 5.97 Å². The summed E-state index contributed by atoms with van der Waals surface area (Å²) in [4.78, 5) is 11.3. The zero-order valence-corrected chi connectivity index (χ0v) is 14.2. The number of hydrogen-bond donors (Lipinski definition) is 1. The molecule has 0 amide bonds. The van der Waals surface area contributed by atoms with Crippen LogP contribution in [0.25, 0.3) is 0 Å². The Labute approximate surface area is 138 Å². The Bertz CT molecular complexity index is 726. The van der Waals surface area contributed by atoms with E-state index in [0.717, 1.165) is 31.4 Å². The second kappa shape index (κ2) is 5.88. The second-order valence-corrected chi connectivity index (χ2v) is 7.47. The van der Waals surface area contributed by atoms with Crippen LogP contribution in [0.2, 0.25) is 0 Å². The zero-order chi connectivity index (χ0) is 16.6. The van der Waals surface area contributed by atoms with Gasteiger partial charge < -0.3 is 9.67 Å². The van der Waals surface area contributed by atoms with Gasteiger partial charge >= 0.3 is 5.97 Å². The van der Waals surface area contributed by atoms with Crippen LogP contribution in [0.15, 0.2) is 30.3 Å². The Hall–Kier alpha value is -2.03. The fourth-order valence-corrected chi connectivity index (χ4v) is 3.82. The zero-order valence-electron chi connectivity index (χ0n) is 14.2. The summed E-state index contributed by atoms with van der Waals surface area (Å²) in [5.74, 6) is -0.762. The molecule has 1 aliphatic rings. The van der Waals surface area contributed by atoms with Crippen molar-refractivity contribution in [2.45, 2.75) is 53.0 Å². The van der Waals surface area contributed by atoms with Gasteiger partial charge in [0.05, 0.1) is 0 Å². The highest BCUT2D eigenvalue weighted by Crippen LogP contribution is 2.39. The summed E-state index contributed by atoms with van der Waals surface area (Å²) in [6.07, 6.45) is 4.02. The van der Waals surface area contributed by atoms with Crippen molar-refractivity contribution in [2.24, 2.45) is 5.41 Å². The van der Waals surface area contributed by atoms with Crippen LogP contribution in [0.5, 0.6) is 0 Å². The number of aromatic nitrogens is 1. The van der Waals surface area contributed by atoms with Crippen LogP contribution >= 0.6 is 0 Å². The minimum Gasteiger partial charge on any atom is -0.480 e. The molecule has 1 heterocycles. The Morgan fingerprint density at radius 2 is 1.96 bits per heavy atom. The van der Waals surface area contributed by atoms with Crippen molar-refractivity contribution < 1.29 is 9.90 Å². The second-order valence-electron chi connectivity index (χ2n) is 7.47. The van der Waals surface area contributed by atoms with Crippen molar-refractivity contribution in [3.05, 3.63) is 58.4 Å². The Morgan fingerprint density at radius 3 is 2.61 bits per heavy atom. The molecule has 1 aliphatic carbocycles. The summed E-state index contributed by atoms with van der Waals surface area (Å²) < 4.78 is 2.03. The Morgan fingerprint density at radius 1 is 1.26 bits per heavy atom. The number of rotatable bonds is 4. The van der Waals surface area contributed by atoms with Crippen LogP contribution in [-0.4, -0.2) is 15.6 Å². The predicted octanol–water partition coefficient (Wildman–Crippen LogP) is 3.99. The Kier molecular flexibility index (Phi) is 4.05. The first-order valence-corrected chi connectivity index (χ1v) is 8.33. The molecule has 3 nitrogen and oxygen atoms in total. The SMILES string of the molecule is Cc1c(Cc2ccccc2)c2c(n1CC(=O)O)CCC(C)(C)C2. The lowest BCUT2D eigenvalue weighted by Crippen LogP contribution is -2.24. The van der Waals surface area contributed by atoms with Crippen molar-refractivity contribution in [1.29, 1.82) is 0 Å². The third-order valence-electron chi connectivity index (χ3n) is 5.09. The maximum absolute atomic E-state index is 11.3. The molecule has 122 valence electrons. The van der Waals surface area contributed by atoms with E-state index in [1.165, 1.54) is 22.4 Å². The van der Waals surface area contributed by atoms with Crippen LogP contribution in [0, 0.1) is 12.3 Å². The topological polar surface area (TPSA) is 42.2 Å². The van der Waals surface area contributed by atoms with Gasteiger partial charge in [-0.3, -0.25) is 4.79 Å². The molecular formula is C20H25NO2. The van der Waals surface area contributed by atoms with E-state index in [0.29, 0.717) is 5.41 Å². The molecule has 0 fully saturated rings. The highest BCUT2D eigenvalue weighted by molar-refractivity contribution is 5.67. The molecule has 0 radical (unpaired) electrons. The first-order chi connectivity index (χ1) is 10.9. The van der Waals surface area contributed by atoms with Crippen LogP contribution in [0.4, 0.5) is 0 Å². The number of hydrogen-bond acceptors (Lipinski definition) is 1. The predicted molar refractivity (Wildman–Crippen MR) is 91.9 cm³/mol. The van der Waals surface area contributed by atoms with Gasteiger partial charge in [-0.25, -0.2) is 0 Å². The number of carboxylic acids is 1. The van der Waals surface area contributed by atoms with Crippen molar-refractivity contribution in [1.82, 2.24) is 4.57 Å². The largest absolute Gasteiger partial charge is 0.480 e. The first kappa shape index (κ1) is 15.9. The standard InChI is InChI=1S/C20H25NO2/c1-14-16(11-15-7-5-4-6-8-15)17-12-20(2,3)10-9-18(17)21(14)13-19(22)23/h4-8H,9-13H2,1-3H3,(H,22,23). The average Bonchev–Trinajstić information content (AvgIpc) is 2.72. The van der Waals surface area contributed by atoms with Crippen LogP contribution < -0.4 is 0 Å². The van der Waals surface area contributed by atoms with E-state index in [-0.39, 0.29) is 6.54 Å². The van der Waals surface area contributed by atoms with Crippen molar-refractivity contribution in [3.8, 4) is 0 Å². The van der Waals surface area contributed by atoms with Crippen LogP contribution in [0.1, 0.15) is 48.3 Å². The summed E-state index contributed by atoms with van der Waals surface area (Å²) in [6, 6.07) is 10.5. The molecule has 0 aliphatic heterocycles. The molecule has 3 heteroatoms. The minimum absolute atomic E-state index is 0.0728. The summed E-state index contributed by atoms with van der Waals surface area (Å²) in [5, 5.41) is 9.27. The van der Waals surface area contributed by atoms with Gasteiger partial charge in [-0.05, 0) is 54.7 Å². The summed E-state index contributed by atoms with van der Waals surface area (Å²) in [5.41, 5.74) is 6.67. The van der Waals surface area contributed by atoms with Gasteiger partial charge in [-0.1, -0.05) is 44.2 Å². The van der Waals surface area contributed by atoms with E-state index in [1.807, 2.05) is 10.6 Å². The highest BCUT2D eigenvalue weighted by atomic mass is 16.4. The van der Waals surface area contributed by atoms with Gasteiger partial charge in [-0.15, -0.1) is 0 Å². The molecule has 1 aromatic heterocycles. The lowest BCUT2D eigenvalue weighted by Gasteiger charge is -2.31. The van der Waals surface area contributed by atoms with Crippen molar-refractivity contribution in [2.75, 3.05) is 0 Å². The number of aliphatic carboxylic acids is 1. The quantitative estimate of drug-likeness (QED) is 0.928. The first-order valence-electron chi connectivity index (χ1n) is 8.33. The molecule has 0 bridgehead atoms. The molecule has 0 atom stereocenters. The Balaban J connectivity index is 2.07. The van der Waals surface area contributed by atoms with Gasteiger partial charge in [0.2, 0.25) is 0 Å². The third-order valence-corrected chi connectivity index (χ3v) is 5.09. The number of fused-ring (bicyclic) bond motifs is 1. The number of carboxylic acid groups (broad SMARTS) is 1. The van der Waals surface area contributed by atoms with E-state index in [9.17, 15) is 9.90 Å². The van der Waals surface area contributed by atoms with E-state index >= 15 is 0 Å². The molecule has 1 N–H and O–H groups in total. The molecule has 1 aromatic carbocycles. The normalized spacial score (nSPS) is 16.1. The molecule has 0 unspecified atom stereocenters. The lowest BCUT2D eigenvalue weighted by atomic mass is 9.75. The average molecular weight is 311 g/mol.